The highest BCUT2D eigenvalue weighted by molar-refractivity contribution is 8.27. The van der Waals surface area contributed by atoms with Crippen molar-refractivity contribution in [2.45, 2.75) is 46.0 Å². The minimum atomic E-state index is -3.46. The van der Waals surface area contributed by atoms with E-state index in [0.717, 1.165) is 18.4 Å². The van der Waals surface area contributed by atoms with E-state index in [1.165, 1.54) is 32.1 Å². The van der Waals surface area contributed by atoms with Crippen LogP contribution in [0.25, 0.3) is 0 Å². The van der Waals surface area contributed by atoms with Crippen LogP contribution in [0.5, 0.6) is 0 Å². The Labute approximate surface area is 122 Å². The van der Waals surface area contributed by atoms with Gasteiger partial charge in [0.1, 0.15) is 0 Å². The van der Waals surface area contributed by atoms with Gasteiger partial charge in [-0.3, -0.25) is 8.74 Å². The molecule has 0 bridgehead atoms. The normalized spacial score (nSPS) is 28.8. The average Bonchev–Trinajstić information content (AvgIpc) is 2.32. The summed E-state index contributed by atoms with van der Waals surface area (Å²) in [7, 11) is -3.46. The molecule has 1 rings (SSSR count). The molecular formula is C13H27NO3S2. The first-order chi connectivity index (χ1) is 8.92. The van der Waals surface area contributed by atoms with Crippen molar-refractivity contribution in [3.63, 3.8) is 0 Å². The van der Waals surface area contributed by atoms with Gasteiger partial charge in [-0.05, 0) is 30.7 Å². The van der Waals surface area contributed by atoms with Crippen LogP contribution in [0, 0.1) is 17.8 Å². The van der Waals surface area contributed by atoms with Crippen LogP contribution in [0.1, 0.15) is 46.0 Å². The van der Waals surface area contributed by atoms with Gasteiger partial charge >= 0.3 is 0 Å². The van der Waals surface area contributed by atoms with Crippen LogP contribution in [-0.2, 0) is 24.4 Å². The second kappa shape index (κ2) is 8.52. The lowest BCUT2D eigenvalue weighted by molar-refractivity contribution is 0.193. The molecule has 6 heteroatoms. The molecule has 0 aliphatic heterocycles. The van der Waals surface area contributed by atoms with E-state index in [-0.39, 0.29) is 6.61 Å². The highest BCUT2D eigenvalue weighted by Crippen LogP contribution is 2.34. The Morgan fingerprint density at radius 2 is 2.26 bits per heavy atom. The first-order valence-electron chi connectivity index (χ1n) is 7.25. The summed E-state index contributed by atoms with van der Waals surface area (Å²) in [5, 5.41) is 3.31. The predicted octanol–water partition coefficient (Wildman–Crippen LogP) is 2.58. The number of hydrogen-bond acceptors (Lipinski definition) is 4. The van der Waals surface area contributed by atoms with Crippen molar-refractivity contribution in [3.8, 4) is 0 Å². The SMILES string of the molecule is CC[C@H](CNCCOS(=O)(O)=S)C1CCCC(C)C1. The van der Waals surface area contributed by atoms with E-state index >= 15 is 0 Å². The molecule has 1 aliphatic carbocycles. The van der Waals surface area contributed by atoms with Gasteiger partial charge in [-0.25, -0.2) is 0 Å². The summed E-state index contributed by atoms with van der Waals surface area (Å²) in [6.45, 7) is 6.32. The van der Waals surface area contributed by atoms with Crippen LogP contribution in [0.4, 0.5) is 0 Å². The summed E-state index contributed by atoms with van der Waals surface area (Å²) in [6.07, 6.45) is 6.60. The summed E-state index contributed by atoms with van der Waals surface area (Å²) >= 11 is 4.26. The largest absolute Gasteiger partial charge is 0.314 e. The van der Waals surface area contributed by atoms with Crippen molar-refractivity contribution < 1.29 is 12.9 Å². The van der Waals surface area contributed by atoms with Gasteiger partial charge in [0.2, 0.25) is 0 Å². The zero-order chi connectivity index (χ0) is 14.3. The molecule has 3 unspecified atom stereocenters. The summed E-state index contributed by atoms with van der Waals surface area (Å²) < 4.78 is 24.2. The molecule has 0 aromatic heterocycles. The maximum absolute atomic E-state index is 10.7. The Morgan fingerprint density at radius 3 is 2.84 bits per heavy atom. The van der Waals surface area contributed by atoms with Crippen molar-refractivity contribution in [1.29, 1.82) is 0 Å². The first-order valence-corrected chi connectivity index (χ1v) is 9.61. The van der Waals surface area contributed by atoms with Gasteiger partial charge in [0.05, 0.1) is 6.61 Å². The van der Waals surface area contributed by atoms with Crippen molar-refractivity contribution in [1.82, 2.24) is 5.32 Å². The first kappa shape index (κ1) is 17.3. The van der Waals surface area contributed by atoms with E-state index < -0.39 is 9.05 Å². The maximum atomic E-state index is 10.7. The molecule has 19 heavy (non-hydrogen) atoms. The number of hydrogen-bond donors (Lipinski definition) is 2. The number of nitrogens with one attached hydrogen (secondary N) is 1. The fourth-order valence-corrected chi connectivity index (χ4v) is 3.56. The molecular weight excluding hydrogens is 282 g/mol. The van der Waals surface area contributed by atoms with E-state index in [2.05, 4.69) is 34.5 Å². The zero-order valence-corrected chi connectivity index (χ0v) is 13.6. The molecule has 0 aromatic rings. The molecule has 114 valence electrons. The quantitative estimate of drug-likeness (QED) is 0.675. The van der Waals surface area contributed by atoms with E-state index in [1.54, 1.807) is 0 Å². The monoisotopic (exact) mass is 309 g/mol. The van der Waals surface area contributed by atoms with Gasteiger partial charge in [-0.1, -0.05) is 39.5 Å². The van der Waals surface area contributed by atoms with Gasteiger partial charge in [0.25, 0.3) is 9.05 Å². The molecule has 0 heterocycles. The molecule has 0 amide bonds. The highest BCUT2D eigenvalue weighted by Gasteiger charge is 2.25. The molecule has 0 aromatic carbocycles. The second-order valence-electron chi connectivity index (χ2n) is 5.65. The van der Waals surface area contributed by atoms with Crippen LogP contribution in [0.3, 0.4) is 0 Å². The molecule has 4 atom stereocenters. The lowest BCUT2D eigenvalue weighted by atomic mass is 9.75. The van der Waals surface area contributed by atoms with Gasteiger partial charge in [-0.15, -0.1) is 0 Å². The molecule has 1 aliphatic rings. The maximum Gasteiger partial charge on any atom is 0.266 e. The Morgan fingerprint density at radius 1 is 1.53 bits per heavy atom. The van der Waals surface area contributed by atoms with Crippen LogP contribution in [0.2, 0.25) is 0 Å². The van der Waals surface area contributed by atoms with Crippen LogP contribution in [0.15, 0.2) is 0 Å². The predicted molar refractivity (Wildman–Crippen MR) is 81.9 cm³/mol. The zero-order valence-electron chi connectivity index (χ0n) is 12.0. The van der Waals surface area contributed by atoms with Crippen molar-refractivity contribution in [3.05, 3.63) is 0 Å². The van der Waals surface area contributed by atoms with Crippen molar-refractivity contribution >= 4 is 20.2 Å². The minimum Gasteiger partial charge on any atom is -0.314 e. The molecule has 0 radical (unpaired) electrons. The van der Waals surface area contributed by atoms with E-state index in [4.69, 9.17) is 4.55 Å². The van der Waals surface area contributed by atoms with Crippen LogP contribution >= 0.6 is 0 Å². The summed E-state index contributed by atoms with van der Waals surface area (Å²) in [5.41, 5.74) is 0. The minimum absolute atomic E-state index is 0.191. The summed E-state index contributed by atoms with van der Waals surface area (Å²) in [5.74, 6) is 2.38. The summed E-state index contributed by atoms with van der Waals surface area (Å²) in [4.78, 5) is 0. The Kier molecular flexibility index (Phi) is 7.76. The molecule has 2 N–H and O–H groups in total. The van der Waals surface area contributed by atoms with E-state index in [0.29, 0.717) is 12.5 Å². The fraction of sp³-hybridized carbons (Fsp3) is 1.00. The number of rotatable bonds is 8. The third kappa shape index (κ3) is 7.56. The van der Waals surface area contributed by atoms with Crippen molar-refractivity contribution in [2.75, 3.05) is 19.7 Å². The molecule has 4 nitrogen and oxygen atoms in total. The highest BCUT2D eigenvalue weighted by atomic mass is 32.9. The second-order valence-corrected chi connectivity index (χ2v) is 8.01. The standard InChI is InChI=1S/C13H27NO3S2/c1-3-12(13-6-4-5-11(2)9-13)10-14-7-8-17-19(15,16)18/h11-14H,3-10H2,1-2H3,(H,15,16,18)/t11?,12-,13?/m1/s1. The Hall–Kier alpha value is 0.250. The van der Waals surface area contributed by atoms with Crippen LogP contribution in [-0.4, -0.2) is 28.5 Å². The average molecular weight is 309 g/mol. The van der Waals surface area contributed by atoms with Gasteiger partial charge in [0, 0.05) is 17.7 Å². The van der Waals surface area contributed by atoms with E-state index in [9.17, 15) is 4.21 Å². The smallest absolute Gasteiger partial charge is 0.266 e. The van der Waals surface area contributed by atoms with Crippen molar-refractivity contribution in [2.24, 2.45) is 17.8 Å². The lowest BCUT2D eigenvalue weighted by Gasteiger charge is -2.33. The van der Waals surface area contributed by atoms with Gasteiger partial charge in [0.15, 0.2) is 0 Å². The molecule has 1 fully saturated rings. The fourth-order valence-electron chi connectivity index (χ4n) is 3.06. The van der Waals surface area contributed by atoms with Gasteiger partial charge < -0.3 is 5.32 Å². The third-order valence-electron chi connectivity index (χ3n) is 4.09. The molecule has 0 saturated heterocycles. The van der Waals surface area contributed by atoms with Gasteiger partial charge in [-0.2, -0.15) is 4.21 Å². The summed E-state index contributed by atoms with van der Waals surface area (Å²) in [6, 6.07) is 0. The van der Waals surface area contributed by atoms with E-state index in [1.807, 2.05) is 0 Å². The Balaban J connectivity index is 2.21. The molecule has 0 spiro atoms. The topological polar surface area (TPSA) is 58.6 Å². The lowest BCUT2D eigenvalue weighted by Crippen LogP contribution is -2.32. The molecule has 1 saturated carbocycles. The van der Waals surface area contributed by atoms with Crippen LogP contribution < -0.4 is 5.32 Å². The third-order valence-corrected chi connectivity index (χ3v) is 4.84. The Bertz CT molecular complexity index is 346.